The van der Waals surface area contributed by atoms with Gasteiger partial charge in [-0.15, -0.1) is 0 Å². The number of unbranched alkanes of at least 4 members (excludes halogenated alkanes) is 3. The fourth-order valence-electron chi connectivity index (χ4n) is 5.31. The molecule has 0 radical (unpaired) electrons. The minimum Gasteiger partial charge on any atom is -0.508 e. The molecule has 3 saturated heterocycles. The van der Waals surface area contributed by atoms with Crippen molar-refractivity contribution in [2.75, 3.05) is 19.6 Å². The fraction of sp³-hybridized carbons (Fsp3) is 0.609. The van der Waals surface area contributed by atoms with Crippen molar-refractivity contribution >= 4 is 17.7 Å². The molecular weight excluding hydrogens is 396 g/mol. The van der Waals surface area contributed by atoms with Gasteiger partial charge in [0.25, 0.3) is 0 Å². The van der Waals surface area contributed by atoms with E-state index in [0.29, 0.717) is 32.5 Å². The smallest absolute Gasteiger partial charge is 0.246 e. The summed E-state index contributed by atoms with van der Waals surface area (Å²) in [4.78, 5) is 43.0. The monoisotopic (exact) mass is 428 g/mol. The van der Waals surface area contributed by atoms with Gasteiger partial charge in [0, 0.05) is 13.1 Å². The van der Waals surface area contributed by atoms with Crippen LogP contribution in [0.3, 0.4) is 0 Å². The molecule has 0 aromatic heterocycles. The number of carbonyl (C=O) groups excluding carboxylic acids is 3. The maximum Gasteiger partial charge on any atom is 0.246 e. The van der Waals surface area contributed by atoms with E-state index in [9.17, 15) is 19.5 Å². The summed E-state index contributed by atoms with van der Waals surface area (Å²) in [6, 6.07) is 5.11. The number of rotatable bonds is 8. The van der Waals surface area contributed by atoms with Gasteiger partial charge in [-0.05, 0) is 56.3 Å². The summed E-state index contributed by atoms with van der Waals surface area (Å²) in [5.41, 5.74) is 6.29. The van der Waals surface area contributed by atoms with E-state index in [1.54, 1.807) is 34.1 Å². The van der Waals surface area contributed by atoms with Crippen molar-refractivity contribution < 1.29 is 19.5 Å². The van der Waals surface area contributed by atoms with E-state index < -0.39 is 24.0 Å². The average molecular weight is 429 g/mol. The average Bonchev–Trinajstić information content (AvgIpc) is 3.41. The van der Waals surface area contributed by atoms with Gasteiger partial charge in [0.05, 0.1) is 12.0 Å². The quantitative estimate of drug-likeness (QED) is 0.540. The van der Waals surface area contributed by atoms with Crippen LogP contribution < -0.4 is 11.1 Å². The predicted molar refractivity (Wildman–Crippen MR) is 115 cm³/mol. The Kier molecular flexibility index (Phi) is 6.46. The molecule has 0 aliphatic carbocycles. The van der Waals surface area contributed by atoms with Crippen molar-refractivity contribution in [1.82, 2.24) is 15.1 Å². The van der Waals surface area contributed by atoms with Gasteiger partial charge in [0.2, 0.25) is 17.7 Å². The molecule has 4 N–H and O–H groups in total. The highest BCUT2D eigenvalue weighted by molar-refractivity contribution is 5.99. The molecule has 4 rings (SSSR count). The lowest BCUT2D eigenvalue weighted by molar-refractivity contribution is -0.159. The van der Waals surface area contributed by atoms with Gasteiger partial charge < -0.3 is 26.0 Å². The summed E-state index contributed by atoms with van der Waals surface area (Å²) in [5.74, 6) is -0.585. The molecule has 8 nitrogen and oxygen atoms in total. The summed E-state index contributed by atoms with van der Waals surface area (Å²) in [7, 11) is 0. The minimum absolute atomic E-state index is 0.0389. The summed E-state index contributed by atoms with van der Waals surface area (Å²) < 4.78 is 0. The molecule has 0 saturated carbocycles. The molecule has 4 atom stereocenters. The largest absolute Gasteiger partial charge is 0.508 e. The zero-order valence-electron chi connectivity index (χ0n) is 17.8. The van der Waals surface area contributed by atoms with Crippen molar-refractivity contribution in [2.24, 2.45) is 11.7 Å². The Morgan fingerprint density at radius 3 is 2.55 bits per heavy atom. The summed E-state index contributed by atoms with van der Waals surface area (Å²) in [6.07, 6.45) is 5.75. The molecular formula is C23H32N4O4. The highest BCUT2D eigenvalue weighted by Crippen LogP contribution is 2.46. The number of phenols is 1. The number of hydrogen-bond donors (Lipinski definition) is 3. The van der Waals surface area contributed by atoms with Crippen LogP contribution in [0.15, 0.2) is 24.3 Å². The van der Waals surface area contributed by atoms with Crippen LogP contribution in [0.5, 0.6) is 5.75 Å². The first-order valence-electron chi connectivity index (χ1n) is 11.4. The van der Waals surface area contributed by atoms with Crippen molar-refractivity contribution in [2.45, 2.75) is 63.1 Å². The van der Waals surface area contributed by atoms with Crippen LogP contribution in [-0.4, -0.2) is 64.3 Å². The van der Waals surface area contributed by atoms with Gasteiger partial charge in [-0.1, -0.05) is 25.0 Å². The number of phenolic OH excluding ortho intramolecular Hbond substituents is 1. The van der Waals surface area contributed by atoms with Crippen LogP contribution in [0, 0.1) is 5.92 Å². The van der Waals surface area contributed by atoms with Crippen LogP contribution >= 0.6 is 0 Å². The molecule has 0 unspecified atom stereocenters. The lowest BCUT2D eigenvalue weighted by atomic mass is 9.92. The zero-order valence-corrected chi connectivity index (χ0v) is 17.8. The van der Waals surface area contributed by atoms with E-state index in [2.05, 4.69) is 5.32 Å². The predicted octanol–water partition coefficient (Wildman–Crippen LogP) is 1.29. The molecule has 3 amide bonds. The molecule has 3 aliphatic heterocycles. The van der Waals surface area contributed by atoms with E-state index in [0.717, 1.165) is 37.7 Å². The standard InChI is InChI=1S/C23H32N4O4/c24-11-3-1-2-4-12-25-21(29)17-14-19-22(30)26-13-5-6-18(26)23(31)27(19)20(17)15-7-9-16(28)10-8-15/h7-10,17-20,28H,1-6,11-14,24H2,(H,25,29)/t17-,18+,19-,20-/m1/s1. The number of carbonyl (C=O) groups is 3. The van der Waals surface area contributed by atoms with Crippen molar-refractivity contribution in [3.63, 3.8) is 0 Å². The van der Waals surface area contributed by atoms with Gasteiger partial charge in [-0.25, -0.2) is 0 Å². The third kappa shape index (κ3) is 4.13. The normalized spacial score (nSPS) is 27.4. The van der Waals surface area contributed by atoms with Gasteiger partial charge in [0.1, 0.15) is 17.8 Å². The highest BCUT2D eigenvalue weighted by atomic mass is 16.3. The molecule has 0 bridgehead atoms. The van der Waals surface area contributed by atoms with Crippen molar-refractivity contribution in [3.05, 3.63) is 29.8 Å². The van der Waals surface area contributed by atoms with Crippen molar-refractivity contribution in [1.29, 1.82) is 0 Å². The van der Waals surface area contributed by atoms with Crippen LogP contribution in [-0.2, 0) is 14.4 Å². The molecule has 0 spiro atoms. The van der Waals surface area contributed by atoms with E-state index in [-0.39, 0.29) is 23.5 Å². The first-order chi connectivity index (χ1) is 15.0. The highest BCUT2D eigenvalue weighted by Gasteiger charge is 2.57. The number of nitrogens with two attached hydrogens (primary N) is 1. The third-order valence-corrected chi connectivity index (χ3v) is 6.86. The van der Waals surface area contributed by atoms with Crippen LogP contribution in [0.2, 0.25) is 0 Å². The molecule has 1 aromatic carbocycles. The first kappa shape index (κ1) is 21.6. The van der Waals surface area contributed by atoms with Gasteiger partial charge in [-0.2, -0.15) is 0 Å². The summed E-state index contributed by atoms with van der Waals surface area (Å²) in [6.45, 7) is 1.87. The maximum absolute atomic E-state index is 13.4. The maximum atomic E-state index is 13.4. The topological polar surface area (TPSA) is 116 Å². The Labute approximate surface area is 182 Å². The van der Waals surface area contributed by atoms with Crippen LogP contribution in [0.1, 0.15) is 56.6 Å². The molecule has 31 heavy (non-hydrogen) atoms. The molecule has 3 aliphatic rings. The molecule has 1 aromatic rings. The second-order valence-electron chi connectivity index (χ2n) is 8.82. The second-order valence-corrected chi connectivity index (χ2v) is 8.82. The fourth-order valence-corrected chi connectivity index (χ4v) is 5.31. The summed E-state index contributed by atoms with van der Waals surface area (Å²) in [5, 5.41) is 12.7. The third-order valence-electron chi connectivity index (χ3n) is 6.86. The van der Waals surface area contributed by atoms with E-state index in [1.165, 1.54) is 0 Å². The first-order valence-corrected chi connectivity index (χ1v) is 11.4. The Hall–Kier alpha value is -2.61. The van der Waals surface area contributed by atoms with E-state index in [4.69, 9.17) is 5.73 Å². The Morgan fingerprint density at radius 1 is 1.06 bits per heavy atom. The molecule has 3 fully saturated rings. The molecule has 3 heterocycles. The Bertz CT molecular complexity index is 827. The lowest BCUT2D eigenvalue weighted by Gasteiger charge is -2.41. The number of nitrogens with zero attached hydrogens (tertiary/aromatic N) is 2. The zero-order chi connectivity index (χ0) is 22.0. The van der Waals surface area contributed by atoms with E-state index >= 15 is 0 Å². The Balaban J connectivity index is 1.54. The number of fused-ring (bicyclic) bond motifs is 2. The minimum atomic E-state index is -0.596. The SMILES string of the molecule is NCCCCCCNC(=O)[C@@H]1C[C@@H]2C(=O)N3CCC[C@H]3C(=O)N2[C@@H]1c1ccc(O)cc1. The van der Waals surface area contributed by atoms with E-state index in [1.807, 2.05) is 0 Å². The molecule has 8 heteroatoms. The number of aromatic hydroxyl groups is 1. The number of hydrogen-bond acceptors (Lipinski definition) is 5. The number of piperazine rings is 1. The number of amides is 3. The Morgan fingerprint density at radius 2 is 1.81 bits per heavy atom. The van der Waals surface area contributed by atoms with Crippen molar-refractivity contribution in [3.8, 4) is 5.75 Å². The van der Waals surface area contributed by atoms with Gasteiger partial charge >= 0.3 is 0 Å². The lowest BCUT2D eigenvalue weighted by Crippen LogP contribution is -2.60. The van der Waals surface area contributed by atoms with Crippen LogP contribution in [0.4, 0.5) is 0 Å². The number of benzene rings is 1. The van der Waals surface area contributed by atoms with Gasteiger partial charge in [0.15, 0.2) is 0 Å². The van der Waals surface area contributed by atoms with Crippen LogP contribution in [0.25, 0.3) is 0 Å². The van der Waals surface area contributed by atoms with Gasteiger partial charge in [-0.3, -0.25) is 14.4 Å². The number of nitrogens with one attached hydrogen (secondary N) is 1. The summed E-state index contributed by atoms with van der Waals surface area (Å²) >= 11 is 0. The second kappa shape index (κ2) is 9.26. The molecule has 168 valence electrons.